The van der Waals surface area contributed by atoms with Gasteiger partial charge in [0.05, 0.1) is 0 Å². The van der Waals surface area contributed by atoms with Crippen LogP contribution < -0.4 is 5.63 Å². The Hall–Kier alpha value is -2.08. The smallest absolute Gasteiger partial charge is 0.355 e. The van der Waals surface area contributed by atoms with Gasteiger partial charge in [-0.15, -0.1) is 0 Å². The first-order valence-corrected chi connectivity index (χ1v) is 9.07. The van der Waals surface area contributed by atoms with Crippen LogP contribution in [-0.4, -0.2) is 8.42 Å². The molecule has 1 aromatic heterocycles. The Morgan fingerprint density at radius 3 is 2.29 bits per heavy atom. The molecule has 0 unspecified atom stereocenters. The molecular weight excluding hydrogens is 371 g/mol. The largest absolute Gasteiger partial charge is 0.422 e. The lowest BCUT2D eigenvalue weighted by atomic mass is 10.2. The van der Waals surface area contributed by atoms with E-state index in [2.05, 4.69) is 0 Å². The molecule has 0 atom stereocenters. The van der Waals surface area contributed by atoms with Crippen molar-refractivity contribution in [2.45, 2.75) is 4.90 Å². The number of halogens is 2. The van der Waals surface area contributed by atoms with Gasteiger partial charge < -0.3 is 4.42 Å². The number of hydrogen-bond donors (Lipinski definition) is 0. The molecule has 7 heteroatoms. The van der Waals surface area contributed by atoms with Crippen LogP contribution in [0.25, 0.3) is 17.0 Å². The summed E-state index contributed by atoms with van der Waals surface area (Å²) < 4.78 is 29.9. The van der Waals surface area contributed by atoms with Gasteiger partial charge in [0.15, 0.2) is 4.90 Å². The Morgan fingerprint density at radius 1 is 0.917 bits per heavy atom. The fraction of sp³-hybridized carbons (Fsp3) is 0. The molecule has 0 aliphatic rings. The Morgan fingerprint density at radius 2 is 1.58 bits per heavy atom. The molecule has 122 valence electrons. The van der Waals surface area contributed by atoms with Crippen LogP contribution in [0.15, 0.2) is 68.0 Å². The van der Waals surface area contributed by atoms with Crippen LogP contribution in [0.1, 0.15) is 5.56 Å². The lowest BCUT2D eigenvalue weighted by molar-refractivity contribution is 0.534. The summed E-state index contributed by atoms with van der Waals surface area (Å²) >= 11 is 11.7. The second-order valence-electron chi connectivity index (χ2n) is 4.98. The van der Waals surface area contributed by atoms with Gasteiger partial charge in [-0.2, -0.15) is 0 Å². The second kappa shape index (κ2) is 6.43. The van der Waals surface area contributed by atoms with Crippen molar-refractivity contribution in [1.82, 2.24) is 0 Å². The van der Waals surface area contributed by atoms with E-state index in [4.69, 9.17) is 27.6 Å². The van der Waals surface area contributed by atoms with E-state index in [-0.39, 0.29) is 5.58 Å². The van der Waals surface area contributed by atoms with Gasteiger partial charge in [-0.1, -0.05) is 35.3 Å². The Balaban J connectivity index is 2.06. The van der Waals surface area contributed by atoms with Crippen LogP contribution >= 0.6 is 23.2 Å². The van der Waals surface area contributed by atoms with Crippen molar-refractivity contribution >= 4 is 50.1 Å². The quantitative estimate of drug-likeness (QED) is 0.625. The Bertz CT molecular complexity index is 1100. The van der Waals surface area contributed by atoms with Crippen molar-refractivity contribution in [3.8, 4) is 0 Å². The molecule has 0 saturated heterocycles. The summed E-state index contributed by atoms with van der Waals surface area (Å²) in [5.41, 5.74) is -0.0215. The maximum atomic E-state index is 12.4. The molecule has 3 rings (SSSR count). The molecule has 0 N–H and O–H groups in total. The van der Waals surface area contributed by atoms with Gasteiger partial charge in [0, 0.05) is 20.8 Å². The summed E-state index contributed by atoms with van der Waals surface area (Å²) in [7, 11) is -3.97. The number of hydrogen-bond acceptors (Lipinski definition) is 4. The normalized spacial score (nSPS) is 12.1. The van der Waals surface area contributed by atoms with Crippen molar-refractivity contribution in [1.29, 1.82) is 0 Å². The van der Waals surface area contributed by atoms with E-state index in [0.29, 0.717) is 21.0 Å². The lowest BCUT2D eigenvalue weighted by Gasteiger charge is -2.01. The number of fused-ring (bicyclic) bond motifs is 1. The highest BCUT2D eigenvalue weighted by molar-refractivity contribution is 7.94. The summed E-state index contributed by atoms with van der Waals surface area (Å²) in [6.45, 7) is 0. The van der Waals surface area contributed by atoms with Crippen LogP contribution in [0.3, 0.4) is 0 Å². The standard InChI is InChI=1S/C17H10Cl2O4S/c18-13-3-1-11(2-4-13)7-8-24(21,22)16-10-12-9-14(19)5-6-15(12)23-17(16)20/h1-10H/b8-7-. The summed E-state index contributed by atoms with van der Waals surface area (Å²) in [4.78, 5) is 11.5. The number of rotatable bonds is 3. The summed E-state index contributed by atoms with van der Waals surface area (Å²) in [6, 6.07) is 12.5. The second-order valence-corrected chi connectivity index (χ2v) is 7.65. The van der Waals surface area contributed by atoms with Crippen molar-refractivity contribution in [2.24, 2.45) is 0 Å². The van der Waals surface area contributed by atoms with Crippen molar-refractivity contribution in [3.05, 3.63) is 80.0 Å². The molecule has 0 spiro atoms. The van der Waals surface area contributed by atoms with Crippen LogP contribution in [-0.2, 0) is 9.84 Å². The molecule has 1 heterocycles. The van der Waals surface area contributed by atoms with Gasteiger partial charge in [0.1, 0.15) is 5.58 Å². The average molecular weight is 381 g/mol. The fourth-order valence-electron chi connectivity index (χ4n) is 2.09. The molecule has 0 saturated carbocycles. The maximum absolute atomic E-state index is 12.4. The third-order valence-electron chi connectivity index (χ3n) is 3.28. The van der Waals surface area contributed by atoms with E-state index in [1.165, 1.54) is 24.3 Å². The third kappa shape index (κ3) is 3.53. The van der Waals surface area contributed by atoms with Gasteiger partial charge >= 0.3 is 5.63 Å². The predicted octanol–water partition coefficient (Wildman–Crippen LogP) is 4.54. The average Bonchev–Trinajstić information content (AvgIpc) is 2.54. The van der Waals surface area contributed by atoms with Gasteiger partial charge in [0.2, 0.25) is 9.84 Å². The highest BCUT2D eigenvalue weighted by atomic mass is 35.5. The van der Waals surface area contributed by atoms with Crippen LogP contribution in [0.4, 0.5) is 0 Å². The number of benzene rings is 2. The molecule has 0 amide bonds. The first-order chi connectivity index (χ1) is 11.3. The minimum atomic E-state index is -3.97. The zero-order valence-corrected chi connectivity index (χ0v) is 14.4. The van der Waals surface area contributed by atoms with Crippen molar-refractivity contribution < 1.29 is 12.8 Å². The highest BCUT2D eigenvalue weighted by Crippen LogP contribution is 2.21. The molecule has 0 aliphatic carbocycles. The van der Waals surface area contributed by atoms with E-state index >= 15 is 0 Å². The van der Waals surface area contributed by atoms with E-state index < -0.39 is 20.4 Å². The summed E-state index contributed by atoms with van der Waals surface area (Å²) in [6.07, 6.45) is 1.38. The first kappa shape index (κ1) is 16.8. The number of sulfone groups is 1. The molecule has 2 aromatic carbocycles. The molecule has 24 heavy (non-hydrogen) atoms. The third-order valence-corrected chi connectivity index (χ3v) is 5.16. The zero-order valence-electron chi connectivity index (χ0n) is 12.1. The molecule has 0 aliphatic heterocycles. The minimum absolute atomic E-state index is 0.269. The van der Waals surface area contributed by atoms with Gasteiger partial charge in [-0.25, -0.2) is 13.2 Å². The van der Waals surface area contributed by atoms with Crippen LogP contribution in [0.2, 0.25) is 10.0 Å². The van der Waals surface area contributed by atoms with E-state index in [1.807, 2.05) is 0 Å². The SMILES string of the molecule is O=c1oc2ccc(Cl)cc2cc1S(=O)(=O)/C=C\c1ccc(Cl)cc1. The van der Waals surface area contributed by atoms with Gasteiger partial charge in [-0.3, -0.25) is 0 Å². The van der Waals surface area contributed by atoms with Crippen LogP contribution in [0.5, 0.6) is 0 Å². The maximum Gasteiger partial charge on any atom is 0.355 e. The summed E-state index contributed by atoms with van der Waals surface area (Å²) in [5.74, 6) is 0. The van der Waals surface area contributed by atoms with E-state index in [0.717, 1.165) is 5.41 Å². The molecule has 0 radical (unpaired) electrons. The van der Waals surface area contributed by atoms with Gasteiger partial charge in [0.25, 0.3) is 0 Å². The molecule has 3 aromatic rings. The molecule has 0 fully saturated rings. The van der Waals surface area contributed by atoms with Crippen LogP contribution in [0, 0.1) is 0 Å². The van der Waals surface area contributed by atoms with E-state index in [9.17, 15) is 13.2 Å². The predicted molar refractivity (Wildman–Crippen MR) is 95.2 cm³/mol. The monoisotopic (exact) mass is 380 g/mol. The van der Waals surface area contributed by atoms with Gasteiger partial charge in [-0.05, 0) is 48.0 Å². The molecular formula is C17H10Cl2O4S. The first-order valence-electron chi connectivity index (χ1n) is 6.77. The Kier molecular flexibility index (Phi) is 4.49. The fourth-order valence-corrected chi connectivity index (χ4v) is 3.44. The Labute approximate surface area is 147 Å². The summed E-state index contributed by atoms with van der Waals surface area (Å²) in [5, 5.41) is 2.35. The molecule has 4 nitrogen and oxygen atoms in total. The van der Waals surface area contributed by atoms with Crippen molar-refractivity contribution in [2.75, 3.05) is 0 Å². The highest BCUT2D eigenvalue weighted by Gasteiger charge is 2.18. The minimum Gasteiger partial charge on any atom is -0.422 e. The van der Waals surface area contributed by atoms with E-state index in [1.54, 1.807) is 30.3 Å². The lowest BCUT2D eigenvalue weighted by Crippen LogP contribution is -2.11. The van der Waals surface area contributed by atoms with Crippen molar-refractivity contribution in [3.63, 3.8) is 0 Å². The molecule has 0 bridgehead atoms. The topological polar surface area (TPSA) is 64.3 Å². The zero-order chi connectivity index (χ0) is 17.3.